The molecule has 0 radical (unpaired) electrons. The number of nitrogens with zero attached hydrogens (tertiary/aromatic N) is 2. The summed E-state index contributed by atoms with van der Waals surface area (Å²) in [6.07, 6.45) is 0. The lowest BCUT2D eigenvalue weighted by molar-refractivity contribution is 1.02. The van der Waals surface area contributed by atoms with Gasteiger partial charge in [-0.3, -0.25) is 0 Å². The van der Waals surface area contributed by atoms with Crippen molar-refractivity contribution >= 4 is 44.0 Å². The Labute approximate surface area is 293 Å². The van der Waals surface area contributed by atoms with Gasteiger partial charge < -0.3 is 9.47 Å². The molecule has 1 aromatic heterocycles. The quantitative estimate of drug-likeness (QED) is 0.168. The van der Waals surface area contributed by atoms with E-state index < -0.39 is 0 Å². The van der Waals surface area contributed by atoms with E-state index in [1.165, 1.54) is 77.3 Å². The first-order chi connectivity index (χ1) is 24.8. The molecule has 50 heavy (non-hydrogen) atoms. The number of anilines is 2. The van der Waals surface area contributed by atoms with E-state index in [1.54, 1.807) is 0 Å². The second-order valence-electron chi connectivity index (χ2n) is 12.8. The molecule has 9 rings (SSSR count). The first-order valence-electron chi connectivity index (χ1n) is 17.4. The smallest absolute Gasteiger partial charge is 0.0547 e. The number of benzene rings is 8. The van der Waals surface area contributed by atoms with Crippen molar-refractivity contribution < 1.29 is 0 Å². The van der Waals surface area contributed by atoms with Crippen LogP contribution in [-0.4, -0.2) is 11.1 Å². The van der Waals surface area contributed by atoms with Crippen LogP contribution in [0.3, 0.4) is 0 Å². The zero-order valence-corrected chi connectivity index (χ0v) is 28.0. The van der Waals surface area contributed by atoms with Crippen molar-refractivity contribution in [2.45, 2.75) is 6.92 Å². The van der Waals surface area contributed by atoms with Crippen LogP contribution < -0.4 is 4.90 Å². The van der Waals surface area contributed by atoms with Crippen LogP contribution in [0, 0.1) is 0 Å². The van der Waals surface area contributed by atoms with Gasteiger partial charge in [-0.15, -0.1) is 0 Å². The molecule has 8 aromatic carbocycles. The van der Waals surface area contributed by atoms with E-state index in [1.807, 2.05) is 0 Å². The Balaban J connectivity index is 1.03. The molecule has 0 spiro atoms. The highest BCUT2D eigenvalue weighted by molar-refractivity contribution is 6.21. The molecule has 0 aliphatic rings. The molecule has 238 valence electrons. The fourth-order valence-electron chi connectivity index (χ4n) is 7.59. The Morgan fingerprint density at radius 3 is 1.58 bits per heavy atom. The largest absolute Gasteiger partial charge is 0.342 e. The molecule has 0 saturated heterocycles. The SMILES string of the molecule is CCN(c1ccc(-c2ccccc2)cc1)c1ccc(-c2ccccc2-c2ccc(-n3c4ccccc4c4c5ccccc5ccc43)cc2)cc1. The molecule has 0 aliphatic carbocycles. The van der Waals surface area contributed by atoms with Gasteiger partial charge in [0.2, 0.25) is 0 Å². The minimum Gasteiger partial charge on any atom is -0.342 e. The van der Waals surface area contributed by atoms with Gasteiger partial charge in [0.15, 0.2) is 0 Å². The Bertz CT molecular complexity index is 2600. The Kier molecular flexibility index (Phi) is 7.48. The van der Waals surface area contributed by atoms with Gasteiger partial charge in [0.25, 0.3) is 0 Å². The third-order valence-electron chi connectivity index (χ3n) is 10.0. The van der Waals surface area contributed by atoms with E-state index in [-0.39, 0.29) is 0 Å². The Morgan fingerprint density at radius 2 is 0.920 bits per heavy atom. The predicted octanol–water partition coefficient (Wildman–Crippen LogP) is 13.1. The van der Waals surface area contributed by atoms with Crippen LogP contribution in [0.2, 0.25) is 0 Å². The van der Waals surface area contributed by atoms with Crippen molar-refractivity contribution in [2.24, 2.45) is 0 Å². The highest BCUT2D eigenvalue weighted by Gasteiger charge is 2.15. The maximum Gasteiger partial charge on any atom is 0.0547 e. The molecule has 0 amide bonds. The molecule has 0 aliphatic heterocycles. The van der Waals surface area contributed by atoms with Gasteiger partial charge in [-0.25, -0.2) is 0 Å². The first kappa shape index (κ1) is 29.7. The molecule has 0 fully saturated rings. The standard InChI is InChI=1S/C48H36N2/c1-2-49(39-27-20-35(21-28-39)34-12-4-3-5-13-34)40-29-22-37(23-30-40)42-15-8-9-16-43(42)38-24-31-41(32-25-38)50-46-19-11-10-18-45(46)48-44-17-7-6-14-36(44)26-33-47(48)50/h3-33H,2H2,1H3. The van der Waals surface area contributed by atoms with Crippen LogP contribution in [-0.2, 0) is 0 Å². The fraction of sp³-hybridized carbons (Fsp3) is 0.0417. The highest BCUT2D eigenvalue weighted by atomic mass is 15.1. The van der Waals surface area contributed by atoms with E-state index in [2.05, 4.69) is 204 Å². The molecule has 0 N–H and O–H groups in total. The molecule has 9 aromatic rings. The van der Waals surface area contributed by atoms with Gasteiger partial charge in [0.05, 0.1) is 11.0 Å². The van der Waals surface area contributed by atoms with Gasteiger partial charge in [-0.1, -0.05) is 140 Å². The molecule has 1 heterocycles. The number of hydrogen-bond acceptors (Lipinski definition) is 1. The lowest BCUT2D eigenvalue weighted by Crippen LogP contribution is -2.15. The first-order valence-corrected chi connectivity index (χ1v) is 17.4. The van der Waals surface area contributed by atoms with E-state index in [0.717, 1.165) is 12.2 Å². The predicted molar refractivity (Wildman–Crippen MR) is 214 cm³/mol. The zero-order valence-electron chi connectivity index (χ0n) is 28.0. The van der Waals surface area contributed by atoms with Crippen molar-refractivity contribution in [1.29, 1.82) is 0 Å². The molecule has 2 heteroatoms. The third-order valence-corrected chi connectivity index (χ3v) is 10.0. The average molecular weight is 641 g/mol. The van der Waals surface area contributed by atoms with E-state index in [4.69, 9.17) is 0 Å². The minimum atomic E-state index is 0.884. The summed E-state index contributed by atoms with van der Waals surface area (Å²) < 4.78 is 2.40. The number of aromatic nitrogens is 1. The normalized spacial score (nSPS) is 11.4. The summed E-state index contributed by atoms with van der Waals surface area (Å²) in [4.78, 5) is 2.36. The van der Waals surface area contributed by atoms with Crippen LogP contribution in [0.1, 0.15) is 6.92 Å². The summed E-state index contributed by atoms with van der Waals surface area (Å²) in [5, 5.41) is 5.15. The number of para-hydroxylation sites is 1. The molecule has 2 nitrogen and oxygen atoms in total. The second-order valence-corrected chi connectivity index (χ2v) is 12.8. The lowest BCUT2D eigenvalue weighted by Gasteiger charge is -2.24. The summed E-state index contributed by atoms with van der Waals surface area (Å²) in [6.45, 7) is 3.09. The summed E-state index contributed by atoms with van der Waals surface area (Å²) in [5.41, 5.74) is 13.3. The van der Waals surface area contributed by atoms with Gasteiger partial charge in [-0.05, 0) is 99.6 Å². The maximum absolute atomic E-state index is 2.40. The molecule has 0 atom stereocenters. The number of rotatable bonds is 7. The summed E-state index contributed by atoms with van der Waals surface area (Å²) in [6, 6.07) is 68.2. The number of hydrogen-bond donors (Lipinski definition) is 0. The Hall–Kier alpha value is -6.38. The summed E-state index contributed by atoms with van der Waals surface area (Å²) in [5.74, 6) is 0. The van der Waals surface area contributed by atoms with Gasteiger partial charge >= 0.3 is 0 Å². The van der Waals surface area contributed by atoms with Crippen LogP contribution in [0.5, 0.6) is 0 Å². The van der Waals surface area contributed by atoms with Crippen molar-refractivity contribution in [3.63, 3.8) is 0 Å². The van der Waals surface area contributed by atoms with Crippen molar-refractivity contribution in [3.8, 4) is 39.1 Å². The third kappa shape index (κ3) is 5.14. The van der Waals surface area contributed by atoms with Crippen LogP contribution in [0.15, 0.2) is 188 Å². The molecule has 0 bridgehead atoms. The summed E-state index contributed by atoms with van der Waals surface area (Å²) >= 11 is 0. The zero-order chi connectivity index (χ0) is 33.4. The van der Waals surface area contributed by atoms with E-state index in [0.29, 0.717) is 0 Å². The second kappa shape index (κ2) is 12.6. The summed E-state index contributed by atoms with van der Waals surface area (Å²) in [7, 11) is 0. The van der Waals surface area contributed by atoms with Crippen molar-refractivity contribution in [2.75, 3.05) is 11.4 Å². The molecular formula is C48H36N2. The van der Waals surface area contributed by atoms with Crippen LogP contribution in [0.25, 0.3) is 71.6 Å². The van der Waals surface area contributed by atoms with Gasteiger partial charge in [0, 0.05) is 34.4 Å². The van der Waals surface area contributed by atoms with Crippen LogP contribution >= 0.6 is 0 Å². The van der Waals surface area contributed by atoms with Crippen molar-refractivity contribution in [1.82, 2.24) is 4.57 Å². The molecule has 0 saturated carbocycles. The monoisotopic (exact) mass is 640 g/mol. The van der Waals surface area contributed by atoms with Crippen LogP contribution in [0.4, 0.5) is 11.4 Å². The van der Waals surface area contributed by atoms with Gasteiger partial charge in [0.1, 0.15) is 0 Å². The van der Waals surface area contributed by atoms with E-state index in [9.17, 15) is 0 Å². The average Bonchev–Trinajstić information content (AvgIpc) is 3.54. The maximum atomic E-state index is 2.40. The fourth-order valence-corrected chi connectivity index (χ4v) is 7.59. The molecule has 0 unspecified atom stereocenters. The molecular weight excluding hydrogens is 605 g/mol. The van der Waals surface area contributed by atoms with E-state index >= 15 is 0 Å². The number of fused-ring (bicyclic) bond motifs is 5. The minimum absolute atomic E-state index is 0.884. The Morgan fingerprint density at radius 1 is 0.400 bits per heavy atom. The lowest BCUT2D eigenvalue weighted by atomic mass is 9.94. The topological polar surface area (TPSA) is 8.17 Å². The van der Waals surface area contributed by atoms with Crippen molar-refractivity contribution in [3.05, 3.63) is 188 Å². The highest BCUT2D eigenvalue weighted by Crippen LogP contribution is 2.39. The van der Waals surface area contributed by atoms with Gasteiger partial charge in [-0.2, -0.15) is 0 Å².